The zero-order valence-electron chi connectivity index (χ0n) is 36.5. The first-order valence-electron chi connectivity index (χ1n) is 21.2. The van der Waals surface area contributed by atoms with Crippen molar-refractivity contribution < 1.29 is 40.1 Å². The average molecular weight is 1070 g/mol. The van der Waals surface area contributed by atoms with E-state index in [1.165, 1.54) is 6.07 Å². The van der Waals surface area contributed by atoms with Gasteiger partial charge >= 0.3 is 28.6 Å². The molecule has 0 aliphatic heterocycles. The van der Waals surface area contributed by atoms with Crippen molar-refractivity contribution in [2.45, 2.75) is 32.4 Å². The number of halogens is 3. The van der Waals surface area contributed by atoms with Crippen LogP contribution in [0.25, 0.3) is 33.6 Å². The molecule has 0 spiro atoms. The Morgan fingerprint density at radius 2 is 0.894 bits per heavy atom. The molecule has 0 unspecified atom stereocenters. The number of hydrogen-bond donors (Lipinski definition) is 0. The number of alkyl halides is 3. The molecule has 330 valence electrons. The maximum Gasteiger partial charge on any atom is 3.00 e. The van der Waals surface area contributed by atoms with Crippen LogP contribution >= 0.6 is 7.14 Å². The molecule has 8 heteroatoms. The van der Waals surface area contributed by atoms with E-state index in [1.807, 2.05) is 140 Å². The van der Waals surface area contributed by atoms with Crippen LogP contribution in [0.1, 0.15) is 31.9 Å². The number of pyridine rings is 1. The molecular weight excluding hydrogens is 1030 g/mol. The zero-order valence-corrected chi connectivity index (χ0v) is 39.5. The van der Waals surface area contributed by atoms with Gasteiger partial charge in [0.1, 0.15) is 0 Å². The van der Waals surface area contributed by atoms with Crippen LogP contribution in [-0.4, -0.2) is 4.98 Å². The largest absolute Gasteiger partial charge is 3.00 e. The van der Waals surface area contributed by atoms with Gasteiger partial charge in [0.15, 0.2) is 7.14 Å². The van der Waals surface area contributed by atoms with Crippen molar-refractivity contribution >= 4 is 40.1 Å². The van der Waals surface area contributed by atoms with Crippen LogP contribution in [0.3, 0.4) is 0 Å². The van der Waals surface area contributed by atoms with Gasteiger partial charge in [0.2, 0.25) is 0 Å². The molecule has 0 saturated carbocycles. The SMILES string of the molecule is CC(C)(C)c1c[c-]c(-c2cc(-c3ccc(P(=O)(c4ccccc4)c4ccccc4)cc3)cc(-c3[c-]cc(C(F)(F)F)cc3)n2)cc1.[Au+3].[c-]1ccc(N(c2ccccc2)c2ccccc2)cc1. The number of anilines is 3. The molecule has 9 aromatic rings. The molecular formula is C58H45AuF3N2OP. The van der Waals surface area contributed by atoms with Crippen molar-refractivity contribution in [3.8, 4) is 33.6 Å². The fraction of sp³-hybridized carbons (Fsp3) is 0.0862. The smallest absolute Gasteiger partial charge is 0.345 e. The molecule has 1 aromatic heterocycles. The van der Waals surface area contributed by atoms with Crippen LogP contribution in [0, 0.1) is 18.2 Å². The molecule has 0 saturated heterocycles. The minimum absolute atomic E-state index is 0. The molecule has 0 amide bonds. The third-order valence-electron chi connectivity index (χ3n) is 11.0. The Hall–Kier alpha value is -6.53. The van der Waals surface area contributed by atoms with Crippen LogP contribution in [0.15, 0.2) is 218 Å². The van der Waals surface area contributed by atoms with Gasteiger partial charge in [0.25, 0.3) is 0 Å². The van der Waals surface area contributed by atoms with Crippen molar-refractivity contribution in [1.29, 1.82) is 0 Å². The van der Waals surface area contributed by atoms with Gasteiger partial charge in [0, 0.05) is 27.3 Å². The van der Waals surface area contributed by atoms with E-state index in [0.717, 1.165) is 62.1 Å². The van der Waals surface area contributed by atoms with E-state index in [9.17, 15) is 17.7 Å². The fourth-order valence-corrected chi connectivity index (χ4v) is 10.1. The number of rotatable bonds is 9. The summed E-state index contributed by atoms with van der Waals surface area (Å²) in [6.45, 7) is 6.39. The van der Waals surface area contributed by atoms with E-state index in [1.54, 1.807) is 0 Å². The monoisotopic (exact) mass is 1070 g/mol. The van der Waals surface area contributed by atoms with Crippen molar-refractivity contribution in [3.63, 3.8) is 0 Å². The van der Waals surface area contributed by atoms with Gasteiger partial charge in [-0.25, -0.2) is 0 Å². The van der Waals surface area contributed by atoms with E-state index >= 15 is 0 Å². The van der Waals surface area contributed by atoms with Crippen LogP contribution in [0.4, 0.5) is 30.2 Å². The molecule has 0 N–H and O–H groups in total. The maximum absolute atomic E-state index is 14.8. The van der Waals surface area contributed by atoms with Gasteiger partial charge in [-0.05, 0) is 57.8 Å². The van der Waals surface area contributed by atoms with Gasteiger partial charge in [0.05, 0.1) is 0 Å². The second-order valence-corrected chi connectivity index (χ2v) is 19.2. The second-order valence-electron chi connectivity index (χ2n) is 16.4. The van der Waals surface area contributed by atoms with Gasteiger partial charge in [-0.15, -0.1) is 77.4 Å². The Balaban J connectivity index is 0.000000270. The number of para-hydroxylation sites is 2. The van der Waals surface area contributed by atoms with Crippen molar-refractivity contribution in [1.82, 2.24) is 4.98 Å². The topological polar surface area (TPSA) is 33.2 Å². The summed E-state index contributed by atoms with van der Waals surface area (Å²) in [6, 6.07) is 77.7. The molecule has 9 rings (SSSR count). The third kappa shape index (κ3) is 10.9. The number of nitrogens with zero attached hydrogens (tertiary/aromatic N) is 2. The van der Waals surface area contributed by atoms with Crippen LogP contribution in [-0.2, 0) is 38.5 Å². The standard InChI is InChI=1S/C40H31F3NOP.C18H14N.Au/c1-39(2,3)32-20-14-29(15-21-32)37-26-31(27-38(44-37)30-16-22-33(23-17-30)40(41,42)43)28-18-24-36(25-19-28)46(45,34-10-6-4-7-11-34)35-12-8-5-9-13-35;1-4-10-16(11-5-1)19(17-12-6-2-7-13-17)18-14-8-3-9-15-18;/h4-14,16,18-27H,1-3H3;1-2,4-15H;/q-2;-1;+3. The minimum Gasteiger partial charge on any atom is -0.345 e. The predicted octanol–water partition coefficient (Wildman–Crippen LogP) is 14.6. The zero-order chi connectivity index (χ0) is 45.4. The molecule has 66 heavy (non-hydrogen) atoms. The molecule has 0 radical (unpaired) electrons. The first kappa shape index (κ1) is 47.4. The third-order valence-corrected chi connectivity index (χ3v) is 14.1. The number of aromatic nitrogens is 1. The normalized spacial score (nSPS) is 11.4. The van der Waals surface area contributed by atoms with E-state index in [2.05, 4.69) is 105 Å². The second kappa shape index (κ2) is 20.8. The van der Waals surface area contributed by atoms with Gasteiger partial charge < -0.3 is 14.4 Å². The fourth-order valence-electron chi connectivity index (χ4n) is 7.50. The van der Waals surface area contributed by atoms with E-state index in [4.69, 9.17) is 4.98 Å². The van der Waals surface area contributed by atoms with E-state index in [-0.39, 0.29) is 27.8 Å². The summed E-state index contributed by atoms with van der Waals surface area (Å²) >= 11 is 0. The summed E-state index contributed by atoms with van der Waals surface area (Å²) < 4.78 is 54.7. The van der Waals surface area contributed by atoms with Gasteiger partial charge in [-0.3, -0.25) is 0 Å². The first-order valence-corrected chi connectivity index (χ1v) is 22.9. The molecule has 1 heterocycles. The van der Waals surface area contributed by atoms with Gasteiger partial charge in [-0.2, -0.15) is 31.4 Å². The Morgan fingerprint density at radius 3 is 1.30 bits per heavy atom. The number of hydrogen-bond acceptors (Lipinski definition) is 3. The first-order chi connectivity index (χ1) is 31.4. The van der Waals surface area contributed by atoms with E-state index in [0.29, 0.717) is 22.3 Å². The maximum atomic E-state index is 14.8. The molecule has 0 fully saturated rings. The van der Waals surface area contributed by atoms with E-state index < -0.39 is 18.9 Å². The van der Waals surface area contributed by atoms with Crippen molar-refractivity contribution in [2.24, 2.45) is 0 Å². The summed E-state index contributed by atoms with van der Waals surface area (Å²) in [4.78, 5) is 7.06. The summed E-state index contributed by atoms with van der Waals surface area (Å²) in [6.07, 6.45) is -4.46. The molecule has 0 atom stereocenters. The van der Waals surface area contributed by atoms with Gasteiger partial charge in [-0.1, -0.05) is 160 Å². The predicted molar refractivity (Wildman–Crippen MR) is 261 cm³/mol. The minimum atomic E-state index is -4.46. The summed E-state index contributed by atoms with van der Waals surface area (Å²) in [5, 5.41) is 2.19. The Labute approximate surface area is 401 Å². The van der Waals surface area contributed by atoms with Crippen molar-refractivity contribution in [2.75, 3.05) is 4.90 Å². The van der Waals surface area contributed by atoms with Crippen LogP contribution in [0.5, 0.6) is 0 Å². The quantitative estimate of drug-likeness (QED) is 0.0820. The molecule has 0 aliphatic rings. The summed E-state index contributed by atoms with van der Waals surface area (Å²) in [5.74, 6) is 0. The summed E-state index contributed by atoms with van der Waals surface area (Å²) in [5.41, 5.74) is 7.72. The molecule has 8 aromatic carbocycles. The molecule has 0 bridgehead atoms. The van der Waals surface area contributed by atoms with Crippen molar-refractivity contribution in [3.05, 3.63) is 248 Å². The number of benzene rings is 8. The Bertz CT molecular complexity index is 2770. The molecule has 3 nitrogen and oxygen atoms in total. The average Bonchev–Trinajstić information content (AvgIpc) is 3.35. The molecule has 0 aliphatic carbocycles. The summed E-state index contributed by atoms with van der Waals surface area (Å²) in [7, 11) is -3.15. The Kier molecular flexibility index (Phi) is 14.9. The Morgan fingerprint density at radius 1 is 0.485 bits per heavy atom. The van der Waals surface area contributed by atoms with Crippen LogP contribution in [0.2, 0.25) is 0 Å². The van der Waals surface area contributed by atoms with Crippen LogP contribution < -0.4 is 20.8 Å².